The van der Waals surface area contributed by atoms with Crippen molar-refractivity contribution in [2.45, 2.75) is 38.1 Å². The van der Waals surface area contributed by atoms with E-state index < -0.39 is 0 Å². The van der Waals surface area contributed by atoms with E-state index in [1.54, 1.807) is 11.3 Å². The molecule has 0 bridgehead atoms. The smallest absolute Gasteiger partial charge is 0.141 e. The van der Waals surface area contributed by atoms with Gasteiger partial charge in [0.25, 0.3) is 0 Å². The van der Waals surface area contributed by atoms with E-state index in [1.807, 2.05) is 11.4 Å². The molecule has 1 aliphatic rings. The summed E-state index contributed by atoms with van der Waals surface area (Å²) in [6.07, 6.45) is 4.56. The Labute approximate surface area is 108 Å². The van der Waals surface area contributed by atoms with Gasteiger partial charge in [-0.15, -0.1) is 11.3 Å². The molecule has 0 spiro atoms. The summed E-state index contributed by atoms with van der Waals surface area (Å²) in [6, 6.07) is 2.36. The van der Waals surface area contributed by atoms with Crippen LogP contribution in [0.1, 0.15) is 30.6 Å². The van der Waals surface area contributed by atoms with Crippen LogP contribution in [0.2, 0.25) is 0 Å². The Morgan fingerprint density at radius 3 is 2.69 bits per heavy atom. The number of nitrogens with two attached hydrogens (primary N) is 1. The lowest BCUT2D eigenvalue weighted by Crippen LogP contribution is -2.30. The Morgan fingerprint density at radius 2 is 2.12 bits per heavy atom. The van der Waals surface area contributed by atoms with Crippen molar-refractivity contribution in [3.8, 4) is 0 Å². The van der Waals surface area contributed by atoms with Crippen LogP contribution in [0.4, 0.5) is 0 Å². The number of Topliss-reactive ketones (excluding diaryl/α,β-unsaturated/α-hetero) is 1. The molecule has 0 radical (unpaired) electrons. The average Bonchev–Trinajstić information content (AvgIpc) is 2.65. The lowest BCUT2D eigenvalue weighted by atomic mass is 9.83. The average molecular weight is 302 g/mol. The first-order chi connectivity index (χ1) is 7.65. The molecule has 1 aromatic rings. The van der Waals surface area contributed by atoms with Crippen LogP contribution in [0.25, 0.3) is 0 Å². The minimum Gasteiger partial charge on any atom is -0.328 e. The summed E-state index contributed by atoms with van der Waals surface area (Å²) in [4.78, 5) is 13.2. The van der Waals surface area contributed by atoms with Gasteiger partial charge in [-0.3, -0.25) is 4.79 Å². The lowest BCUT2D eigenvalue weighted by Gasteiger charge is -2.24. The zero-order chi connectivity index (χ0) is 11.5. The van der Waals surface area contributed by atoms with Gasteiger partial charge in [0.15, 0.2) is 0 Å². The zero-order valence-corrected chi connectivity index (χ0v) is 11.5. The Hall–Kier alpha value is -0.190. The second-order valence-electron chi connectivity index (χ2n) is 4.49. The van der Waals surface area contributed by atoms with E-state index in [-0.39, 0.29) is 5.92 Å². The molecule has 1 aromatic heterocycles. The maximum Gasteiger partial charge on any atom is 0.141 e. The van der Waals surface area contributed by atoms with E-state index in [0.29, 0.717) is 18.2 Å². The quantitative estimate of drug-likeness (QED) is 0.932. The summed E-state index contributed by atoms with van der Waals surface area (Å²) < 4.78 is 1.07. The molecule has 0 atom stereocenters. The zero-order valence-electron chi connectivity index (χ0n) is 9.12. The topological polar surface area (TPSA) is 43.1 Å². The highest BCUT2D eigenvalue weighted by Gasteiger charge is 2.24. The van der Waals surface area contributed by atoms with Gasteiger partial charge >= 0.3 is 0 Å². The molecule has 16 heavy (non-hydrogen) atoms. The van der Waals surface area contributed by atoms with Crippen molar-refractivity contribution in [1.29, 1.82) is 0 Å². The SMILES string of the molecule is NC1CCC(C(=O)Cc2cc(Br)cs2)CC1. The van der Waals surface area contributed by atoms with Crippen molar-refractivity contribution in [3.63, 3.8) is 0 Å². The number of carbonyl (C=O) groups excluding carboxylic acids is 1. The molecular weight excluding hydrogens is 286 g/mol. The summed E-state index contributed by atoms with van der Waals surface area (Å²) >= 11 is 5.06. The molecule has 2 nitrogen and oxygen atoms in total. The first-order valence-corrected chi connectivity index (χ1v) is 7.33. The first-order valence-electron chi connectivity index (χ1n) is 5.66. The number of ketones is 1. The molecule has 0 aromatic carbocycles. The van der Waals surface area contributed by atoms with Gasteiger partial charge in [0.05, 0.1) is 0 Å². The number of halogens is 1. The van der Waals surface area contributed by atoms with Crippen molar-refractivity contribution in [2.75, 3.05) is 0 Å². The molecule has 1 heterocycles. The van der Waals surface area contributed by atoms with E-state index in [2.05, 4.69) is 15.9 Å². The van der Waals surface area contributed by atoms with Crippen molar-refractivity contribution in [2.24, 2.45) is 11.7 Å². The highest BCUT2D eigenvalue weighted by Crippen LogP contribution is 2.27. The third-order valence-corrected chi connectivity index (χ3v) is 4.90. The van der Waals surface area contributed by atoms with E-state index in [9.17, 15) is 4.79 Å². The van der Waals surface area contributed by atoms with Gasteiger partial charge < -0.3 is 5.73 Å². The molecule has 0 unspecified atom stereocenters. The molecule has 1 saturated carbocycles. The lowest BCUT2D eigenvalue weighted by molar-refractivity contribution is -0.123. The van der Waals surface area contributed by atoms with Crippen LogP contribution in [-0.2, 0) is 11.2 Å². The molecule has 2 N–H and O–H groups in total. The molecule has 88 valence electrons. The fourth-order valence-electron chi connectivity index (χ4n) is 2.20. The van der Waals surface area contributed by atoms with E-state index in [4.69, 9.17) is 5.73 Å². The minimum atomic E-state index is 0.251. The molecular formula is C12H16BrNOS. The monoisotopic (exact) mass is 301 g/mol. The third-order valence-electron chi connectivity index (χ3n) is 3.20. The second-order valence-corrected chi connectivity index (χ2v) is 6.40. The predicted octanol–water partition coefficient (Wildman–Crippen LogP) is 3.14. The van der Waals surface area contributed by atoms with Crippen LogP contribution in [0.3, 0.4) is 0 Å². The van der Waals surface area contributed by atoms with Crippen LogP contribution >= 0.6 is 27.3 Å². The largest absolute Gasteiger partial charge is 0.328 e. The summed E-state index contributed by atoms with van der Waals surface area (Å²) in [7, 11) is 0. The van der Waals surface area contributed by atoms with Gasteiger partial charge in [-0.05, 0) is 47.7 Å². The summed E-state index contributed by atoms with van der Waals surface area (Å²) in [5.74, 6) is 0.641. The van der Waals surface area contributed by atoms with Crippen LogP contribution in [-0.4, -0.2) is 11.8 Å². The Balaban J connectivity index is 1.88. The Morgan fingerprint density at radius 1 is 1.44 bits per heavy atom. The van der Waals surface area contributed by atoms with E-state index >= 15 is 0 Å². The summed E-state index contributed by atoms with van der Waals surface area (Å²) in [5.41, 5.74) is 5.84. The van der Waals surface area contributed by atoms with Gasteiger partial charge in [-0.2, -0.15) is 0 Å². The molecule has 1 fully saturated rings. The van der Waals surface area contributed by atoms with Gasteiger partial charge in [0, 0.05) is 33.1 Å². The van der Waals surface area contributed by atoms with Crippen LogP contribution in [0.15, 0.2) is 15.9 Å². The fraction of sp³-hybridized carbons (Fsp3) is 0.583. The molecule has 4 heteroatoms. The number of hydrogen-bond donors (Lipinski definition) is 1. The number of thiophene rings is 1. The normalized spacial score (nSPS) is 25.6. The van der Waals surface area contributed by atoms with Gasteiger partial charge in [0.2, 0.25) is 0 Å². The summed E-state index contributed by atoms with van der Waals surface area (Å²) in [5, 5.41) is 2.03. The molecule has 0 amide bonds. The van der Waals surface area contributed by atoms with E-state index in [1.165, 1.54) is 0 Å². The Kier molecular flexibility index (Phi) is 4.16. The first kappa shape index (κ1) is 12.3. The number of rotatable bonds is 3. The van der Waals surface area contributed by atoms with Crippen LogP contribution in [0.5, 0.6) is 0 Å². The van der Waals surface area contributed by atoms with Crippen LogP contribution < -0.4 is 5.73 Å². The molecule has 0 saturated heterocycles. The second kappa shape index (κ2) is 5.43. The van der Waals surface area contributed by atoms with Crippen molar-refractivity contribution in [3.05, 3.63) is 20.8 Å². The van der Waals surface area contributed by atoms with Crippen molar-refractivity contribution >= 4 is 33.0 Å². The number of carbonyl (C=O) groups is 1. The standard InChI is InChI=1S/C12H16BrNOS/c13-9-5-11(16-7-9)6-12(15)8-1-3-10(14)4-2-8/h5,7-8,10H,1-4,6,14H2. The molecule has 0 aliphatic heterocycles. The van der Waals surface area contributed by atoms with Gasteiger partial charge in [0.1, 0.15) is 5.78 Å². The highest BCUT2D eigenvalue weighted by atomic mass is 79.9. The Bertz CT molecular complexity index is 369. The van der Waals surface area contributed by atoms with Crippen LogP contribution in [0, 0.1) is 5.92 Å². The summed E-state index contributed by atoms with van der Waals surface area (Å²) in [6.45, 7) is 0. The number of hydrogen-bond acceptors (Lipinski definition) is 3. The van der Waals surface area contributed by atoms with E-state index in [0.717, 1.165) is 35.0 Å². The third kappa shape index (κ3) is 3.15. The van der Waals surface area contributed by atoms with Crippen molar-refractivity contribution < 1.29 is 4.79 Å². The van der Waals surface area contributed by atoms with Gasteiger partial charge in [-0.1, -0.05) is 0 Å². The highest BCUT2D eigenvalue weighted by molar-refractivity contribution is 9.10. The fourth-order valence-corrected chi connectivity index (χ4v) is 3.66. The predicted molar refractivity (Wildman–Crippen MR) is 70.7 cm³/mol. The minimum absolute atomic E-state index is 0.251. The van der Waals surface area contributed by atoms with Gasteiger partial charge in [-0.25, -0.2) is 0 Å². The molecule has 2 rings (SSSR count). The van der Waals surface area contributed by atoms with Crippen molar-refractivity contribution in [1.82, 2.24) is 0 Å². The molecule has 1 aliphatic carbocycles. The maximum absolute atomic E-state index is 12.0. The maximum atomic E-state index is 12.0.